The number of rotatable bonds is 8. The third kappa shape index (κ3) is 5.14. The number of aromatic nitrogens is 4. The highest BCUT2D eigenvalue weighted by molar-refractivity contribution is 5.93. The number of benzene rings is 2. The second-order valence-electron chi connectivity index (χ2n) is 8.82. The van der Waals surface area contributed by atoms with E-state index < -0.39 is 0 Å². The summed E-state index contributed by atoms with van der Waals surface area (Å²) in [5, 5.41) is 11.6. The van der Waals surface area contributed by atoms with Crippen LogP contribution in [0.4, 0.5) is 11.6 Å². The summed E-state index contributed by atoms with van der Waals surface area (Å²) >= 11 is 0. The molecule has 3 heterocycles. The van der Waals surface area contributed by atoms with Crippen LogP contribution in [0.5, 0.6) is 17.2 Å². The van der Waals surface area contributed by atoms with Gasteiger partial charge in [-0.2, -0.15) is 5.10 Å². The maximum Gasteiger partial charge on any atom is 0.163 e. The van der Waals surface area contributed by atoms with Crippen LogP contribution in [0.25, 0.3) is 22.2 Å². The summed E-state index contributed by atoms with van der Waals surface area (Å²) in [5.74, 6) is 4.01. The Morgan fingerprint density at radius 2 is 1.80 bits per heavy atom. The number of hydrogen-bond acceptors (Lipinski definition) is 8. The van der Waals surface area contributed by atoms with E-state index in [2.05, 4.69) is 37.4 Å². The van der Waals surface area contributed by atoms with E-state index in [0.717, 1.165) is 53.8 Å². The van der Waals surface area contributed by atoms with Gasteiger partial charge in [-0.05, 0) is 74.8 Å². The number of hydrogen-bond donors (Lipinski definition) is 2. The van der Waals surface area contributed by atoms with Crippen LogP contribution in [-0.4, -0.2) is 66.0 Å². The smallest absolute Gasteiger partial charge is 0.163 e. The molecule has 2 aromatic carbocycles. The number of nitrogens with one attached hydrogen (secondary N) is 2. The van der Waals surface area contributed by atoms with Crippen molar-refractivity contribution in [1.29, 1.82) is 0 Å². The first kappa shape index (κ1) is 22.9. The zero-order chi connectivity index (χ0) is 24.2. The zero-order valence-corrected chi connectivity index (χ0v) is 20.2. The van der Waals surface area contributed by atoms with Crippen LogP contribution < -0.4 is 19.5 Å². The Bertz CT molecular complexity index is 1280. The average Bonchev–Trinajstić information content (AvgIpc) is 3.36. The summed E-state index contributed by atoms with van der Waals surface area (Å²) < 4.78 is 17.1. The molecule has 4 aromatic rings. The summed E-state index contributed by atoms with van der Waals surface area (Å²) in [4.78, 5) is 11.3. The molecule has 35 heavy (non-hydrogen) atoms. The third-order valence-corrected chi connectivity index (χ3v) is 6.46. The van der Waals surface area contributed by atoms with Gasteiger partial charge in [0.1, 0.15) is 17.9 Å². The first-order chi connectivity index (χ1) is 17.1. The molecule has 2 aromatic heterocycles. The van der Waals surface area contributed by atoms with Crippen molar-refractivity contribution >= 4 is 22.5 Å². The Balaban J connectivity index is 1.35. The van der Waals surface area contributed by atoms with Crippen molar-refractivity contribution in [2.45, 2.75) is 12.8 Å². The van der Waals surface area contributed by atoms with E-state index in [0.29, 0.717) is 35.7 Å². The highest BCUT2D eigenvalue weighted by Crippen LogP contribution is 2.35. The normalized spacial score (nSPS) is 14.7. The Morgan fingerprint density at radius 3 is 2.54 bits per heavy atom. The van der Waals surface area contributed by atoms with Gasteiger partial charge in [-0.15, -0.1) is 0 Å². The lowest BCUT2D eigenvalue weighted by Gasteiger charge is -2.28. The molecule has 5 rings (SSSR count). The summed E-state index contributed by atoms with van der Waals surface area (Å²) in [6.07, 6.45) is 3.82. The maximum atomic E-state index is 6.19. The van der Waals surface area contributed by atoms with Crippen LogP contribution in [0.3, 0.4) is 0 Å². The third-order valence-electron chi connectivity index (χ3n) is 6.46. The predicted molar refractivity (Wildman–Crippen MR) is 136 cm³/mol. The van der Waals surface area contributed by atoms with Gasteiger partial charge in [0, 0.05) is 17.5 Å². The van der Waals surface area contributed by atoms with Gasteiger partial charge in [0.25, 0.3) is 0 Å². The first-order valence-electron chi connectivity index (χ1n) is 11.7. The van der Waals surface area contributed by atoms with Crippen LogP contribution in [0.2, 0.25) is 0 Å². The lowest BCUT2D eigenvalue weighted by atomic mass is 9.98. The Hall–Kier alpha value is -3.85. The fraction of sp³-hybridized carbons (Fsp3) is 0.346. The quantitative estimate of drug-likeness (QED) is 0.385. The number of ether oxygens (including phenoxy) is 3. The molecule has 2 N–H and O–H groups in total. The number of methoxy groups -OCH3 is 2. The number of piperidine rings is 1. The van der Waals surface area contributed by atoms with Crippen molar-refractivity contribution in [3.05, 3.63) is 48.8 Å². The molecule has 0 unspecified atom stereocenters. The lowest BCUT2D eigenvalue weighted by molar-refractivity contribution is 0.157. The number of anilines is 2. The predicted octanol–water partition coefficient (Wildman–Crippen LogP) is 4.50. The molecule has 0 aliphatic carbocycles. The minimum absolute atomic E-state index is 0.550. The van der Waals surface area contributed by atoms with E-state index in [9.17, 15) is 0 Å². The molecule has 0 amide bonds. The second kappa shape index (κ2) is 10.2. The molecule has 0 radical (unpaired) electrons. The summed E-state index contributed by atoms with van der Waals surface area (Å²) in [5.41, 5.74) is 2.66. The van der Waals surface area contributed by atoms with E-state index in [1.54, 1.807) is 14.2 Å². The number of aromatic amines is 1. The number of fused-ring (bicyclic) bond motifs is 1. The summed E-state index contributed by atoms with van der Waals surface area (Å²) in [7, 11) is 5.46. The average molecular weight is 475 g/mol. The van der Waals surface area contributed by atoms with Gasteiger partial charge in [0.2, 0.25) is 0 Å². The Morgan fingerprint density at radius 1 is 1.00 bits per heavy atom. The zero-order valence-electron chi connectivity index (χ0n) is 20.2. The van der Waals surface area contributed by atoms with E-state index >= 15 is 0 Å². The van der Waals surface area contributed by atoms with Crippen LogP contribution in [0.1, 0.15) is 12.8 Å². The van der Waals surface area contributed by atoms with Gasteiger partial charge in [-0.1, -0.05) is 0 Å². The van der Waals surface area contributed by atoms with Crippen molar-refractivity contribution in [1.82, 2.24) is 25.1 Å². The summed E-state index contributed by atoms with van der Waals surface area (Å²) in [6.45, 7) is 2.89. The molecule has 1 aliphatic heterocycles. The van der Waals surface area contributed by atoms with Gasteiger partial charge in [0.15, 0.2) is 17.3 Å². The molecule has 0 saturated carbocycles. The highest BCUT2D eigenvalue weighted by Gasteiger charge is 2.19. The molecule has 0 spiro atoms. The standard InChI is InChI=1S/C26H30N6O3/c1-32-10-8-17(9-11-32)15-35-24-13-22-20(12-23(24)34-3)26(28-16-27-22)29-25-14-21(30-31-25)18-4-6-19(33-2)7-5-18/h4-7,12-14,16-17H,8-11,15H2,1-3H3,(H2,27,28,29,30,31). The summed E-state index contributed by atoms with van der Waals surface area (Å²) in [6, 6.07) is 13.6. The van der Waals surface area contributed by atoms with E-state index in [1.165, 1.54) is 6.33 Å². The fourth-order valence-electron chi connectivity index (χ4n) is 4.30. The molecule has 1 aliphatic rings. The molecular formula is C26H30N6O3. The minimum Gasteiger partial charge on any atom is -0.497 e. The number of nitrogens with zero attached hydrogens (tertiary/aromatic N) is 4. The van der Waals surface area contributed by atoms with Gasteiger partial charge < -0.3 is 24.4 Å². The van der Waals surface area contributed by atoms with Crippen LogP contribution >= 0.6 is 0 Å². The van der Waals surface area contributed by atoms with Gasteiger partial charge in [0.05, 0.1) is 32.0 Å². The van der Waals surface area contributed by atoms with Gasteiger partial charge in [-0.3, -0.25) is 5.10 Å². The van der Waals surface area contributed by atoms with E-state index in [1.807, 2.05) is 42.5 Å². The van der Waals surface area contributed by atoms with Crippen molar-refractivity contribution in [2.75, 3.05) is 46.3 Å². The molecule has 1 fully saturated rings. The Labute approximate surface area is 204 Å². The Kier molecular flexibility index (Phi) is 6.67. The van der Waals surface area contributed by atoms with Crippen molar-refractivity contribution in [3.63, 3.8) is 0 Å². The first-order valence-corrected chi connectivity index (χ1v) is 11.7. The highest BCUT2D eigenvalue weighted by atomic mass is 16.5. The van der Waals surface area contributed by atoms with Crippen LogP contribution in [0, 0.1) is 5.92 Å². The van der Waals surface area contributed by atoms with E-state index in [-0.39, 0.29) is 0 Å². The molecular weight excluding hydrogens is 444 g/mol. The van der Waals surface area contributed by atoms with Crippen LogP contribution in [-0.2, 0) is 0 Å². The van der Waals surface area contributed by atoms with Crippen LogP contribution in [0.15, 0.2) is 48.8 Å². The SMILES string of the molecule is COc1ccc(-c2cc(Nc3ncnc4cc(OCC5CCN(C)CC5)c(OC)cc34)n[nH]2)cc1. The van der Waals surface area contributed by atoms with Crippen molar-refractivity contribution in [3.8, 4) is 28.5 Å². The molecule has 182 valence electrons. The molecule has 0 atom stereocenters. The maximum absolute atomic E-state index is 6.19. The van der Waals surface area contributed by atoms with Gasteiger partial charge in [-0.25, -0.2) is 9.97 Å². The molecule has 0 bridgehead atoms. The number of likely N-dealkylation sites (tertiary alicyclic amines) is 1. The molecule has 1 saturated heterocycles. The molecule has 9 nitrogen and oxygen atoms in total. The minimum atomic E-state index is 0.550. The topological polar surface area (TPSA) is 97.4 Å². The van der Waals surface area contributed by atoms with E-state index in [4.69, 9.17) is 14.2 Å². The second-order valence-corrected chi connectivity index (χ2v) is 8.82. The van der Waals surface area contributed by atoms with Crippen molar-refractivity contribution in [2.24, 2.45) is 5.92 Å². The lowest BCUT2D eigenvalue weighted by Crippen LogP contribution is -2.32. The molecule has 9 heteroatoms. The monoisotopic (exact) mass is 474 g/mol. The fourth-order valence-corrected chi connectivity index (χ4v) is 4.30. The number of H-pyrrole nitrogens is 1. The largest absolute Gasteiger partial charge is 0.497 e. The van der Waals surface area contributed by atoms with Gasteiger partial charge >= 0.3 is 0 Å². The van der Waals surface area contributed by atoms with Crippen molar-refractivity contribution < 1.29 is 14.2 Å².